The van der Waals surface area contributed by atoms with E-state index >= 15 is 0 Å². The fraction of sp³-hybridized carbons (Fsp3) is 0.238. The number of methoxy groups -OCH3 is 1. The molecule has 168 valence electrons. The van der Waals surface area contributed by atoms with Crippen molar-refractivity contribution in [2.45, 2.75) is 18.6 Å². The van der Waals surface area contributed by atoms with Gasteiger partial charge in [-0.3, -0.25) is 14.2 Å². The number of benzene rings is 2. The molecule has 1 N–H and O–H groups in total. The van der Waals surface area contributed by atoms with Crippen molar-refractivity contribution >= 4 is 46.8 Å². The number of halogens is 2. The molecular formula is C21H20Cl2N4O4S. The van der Waals surface area contributed by atoms with Crippen LogP contribution >= 0.6 is 35.0 Å². The predicted octanol–water partition coefficient (Wildman–Crippen LogP) is 4.17. The van der Waals surface area contributed by atoms with Gasteiger partial charge in [0.05, 0.1) is 41.7 Å². The Morgan fingerprint density at radius 1 is 1.09 bits per heavy atom. The van der Waals surface area contributed by atoms with Crippen LogP contribution < -0.4 is 10.1 Å². The van der Waals surface area contributed by atoms with Gasteiger partial charge in [-0.1, -0.05) is 35.0 Å². The summed E-state index contributed by atoms with van der Waals surface area (Å²) < 4.78 is 11.8. The van der Waals surface area contributed by atoms with E-state index in [1.165, 1.54) is 11.8 Å². The SMILES string of the molecule is CCOC(=O)CSc1nnc(CNC(=O)c2ccc(OC)cc2)n1-c1ccc(Cl)c(Cl)c1. The lowest BCUT2D eigenvalue weighted by molar-refractivity contribution is -0.139. The van der Waals surface area contributed by atoms with Crippen molar-refractivity contribution in [3.63, 3.8) is 0 Å². The summed E-state index contributed by atoms with van der Waals surface area (Å²) >= 11 is 13.4. The van der Waals surface area contributed by atoms with Crippen LogP contribution in [0.1, 0.15) is 23.1 Å². The molecule has 11 heteroatoms. The van der Waals surface area contributed by atoms with E-state index in [2.05, 4.69) is 15.5 Å². The quantitative estimate of drug-likeness (QED) is 0.352. The minimum Gasteiger partial charge on any atom is -0.497 e. The van der Waals surface area contributed by atoms with Crippen molar-refractivity contribution in [3.05, 3.63) is 63.9 Å². The van der Waals surface area contributed by atoms with Crippen LogP contribution in [0, 0.1) is 0 Å². The Morgan fingerprint density at radius 3 is 2.50 bits per heavy atom. The number of carbonyl (C=O) groups excluding carboxylic acids is 2. The molecule has 0 radical (unpaired) electrons. The zero-order valence-corrected chi connectivity index (χ0v) is 19.6. The predicted molar refractivity (Wildman–Crippen MR) is 123 cm³/mol. The highest BCUT2D eigenvalue weighted by Gasteiger charge is 2.18. The number of thioether (sulfide) groups is 1. The molecule has 32 heavy (non-hydrogen) atoms. The smallest absolute Gasteiger partial charge is 0.316 e. The molecule has 1 aromatic heterocycles. The van der Waals surface area contributed by atoms with Crippen LogP contribution in [0.15, 0.2) is 47.6 Å². The highest BCUT2D eigenvalue weighted by Crippen LogP contribution is 2.28. The van der Waals surface area contributed by atoms with Gasteiger partial charge in [-0.2, -0.15) is 0 Å². The molecular weight excluding hydrogens is 475 g/mol. The largest absolute Gasteiger partial charge is 0.497 e. The zero-order valence-electron chi connectivity index (χ0n) is 17.3. The summed E-state index contributed by atoms with van der Waals surface area (Å²) in [6.45, 7) is 2.13. The lowest BCUT2D eigenvalue weighted by atomic mass is 10.2. The molecule has 8 nitrogen and oxygen atoms in total. The Kier molecular flexibility index (Phi) is 8.38. The Hall–Kier alpha value is -2.75. The van der Waals surface area contributed by atoms with Gasteiger partial charge in [-0.05, 0) is 49.4 Å². The Bertz CT molecular complexity index is 1110. The number of amides is 1. The second kappa shape index (κ2) is 11.2. The average Bonchev–Trinajstić information content (AvgIpc) is 3.21. The molecule has 0 aliphatic heterocycles. The topological polar surface area (TPSA) is 95.3 Å². The minimum atomic E-state index is -0.365. The zero-order chi connectivity index (χ0) is 23.1. The second-order valence-electron chi connectivity index (χ2n) is 6.34. The molecule has 3 rings (SSSR count). The van der Waals surface area contributed by atoms with E-state index in [9.17, 15) is 9.59 Å². The molecule has 0 fully saturated rings. The van der Waals surface area contributed by atoms with Gasteiger partial charge in [0.1, 0.15) is 5.75 Å². The summed E-state index contributed by atoms with van der Waals surface area (Å²) in [4.78, 5) is 24.3. The highest BCUT2D eigenvalue weighted by atomic mass is 35.5. The molecule has 0 bridgehead atoms. The molecule has 0 aliphatic carbocycles. The number of rotatable bonds is 9. The van der Waals surface area contributed by atoms with Crippen LogP contribution in [0.4, 0.5) is 0 Å². The standard InChI is InChI=1S/C21H20Cl2N4O4S/c1-3-31-19(28)12-32-21-26-25-18(27(21)14-6-9-16(22)17(23)10-14)11-24-20(29)13-4-7-15(30-2)8-5-13/h4-10H,3,11-12H2,1-2H3,(H,24,29). The van der Waals surface area contributed by atoms with E-state index < -0.39 is 0 Å². The molecule has 1 amide bonds. The Morgan fingerprint density at radius 2 is 1.84 bits per heavy atom. The van der Waals surface area contributed by atoms with Crippen LogP contribution in [0.5, 0.6) is 5.75 Å². The van der Waals surface area contributed by atoms with Gasteiger partial charge >= 0.3 is 5.97 Å². The number of carbonyl (C=O) groups is 2. The first-order valence-electron chi connectivity index (χ1n) is 9.53. The minimum absolute atomic E-state index is 0.0610. The first-order valence-corrected chi connectivity index (χ1v) is 11.3. The van der Waals surface area contributed by atoms with Crippen molar-refractivity contribution in [1.29, 1.82) is 0 Å². The fourth-order valence-corrected chi connectivity index (χ4v) is 3.78. The maximum atomic E-state index is 12.5. The van der Waals surface area contributed by atoms with Crippen LogP contribution in [-0.4, -0.2) is 46.1 Å². The number of nitrogens with zero attached hydrogens (tertiary/aromatic N) is 3. The molecule has 0 atom stereocenters. The number of ether oxygens (including phenoxy) is 2. The third-order valence-electron chi connectivity index (χ3n) is 4.25. The van der Waals surface area contributed by atoms with Crippen LogP contribution in [0.25, 0.3) is 5.69 Å². The van der Waals surface area contributed by atoms with Crippen molar-refractivity contribution in [3.8, 4) is 11.4 Å². The Labute approximate surface area is 199 Å². The van der Waals surface area contributed by atoms with Crippen molar-refractivity contribution in [2.24, 2.45) is 0 Å². The van der Waals surface area contributed by atoms with Gasteiger partial charge in [0, 0.05) is 5.56 Å². The van der Waals surface area contributed by atoms with E-state index in [0.29, 0.717) is 44.6 Å². The highest BCUT2D eigenvalue weighted by molar-refractivity contribution is 7.99. The van der Waals surface area contributed by atoms with Gasteiger partial charge in [-0.15, -0.1) is 10.2 Å². The monoisotopic (exact) mass is 494 g/mol. The summed E-state index contributed by atoms with van der Waals surface area (Å²) in [6.07, 6.45) is 0. The first kappa shape index (κ1) is 23.9. The van der Waals surface area contributed by atoms with Gasteiger partial charge in [0.2, 0.25) is 0 Å². The van der Waals surface area contributed by atoms with Crippen molar-refractivity contribution in [1.82, 2.24) is 20.1 Å². The molecule has 0 aliphatic rings. The summed E-state index contributed by atoms with van der Waals surface area (Å²) in [5.74, 6) is 0.527. The number of esters is 1. The first-order chi connectivity index (χ1) is 15.4. The van der Waals surface area contributed by atoms with E-state index in [0.717, 1.165) is 0 Å². The van der Waals surface area contributed by atoms with Crippen molar-refractivity contribution in [2.75, 3.05) is 19.5 Å². The molecule has 3 aromatic rings. The summed E-state index contributed by atoms with van der Waals surface area (Å²) in [5.41, 5.74) is 1.12. The third kappa shape index (κ3) is 5.93. The summed E-state index contributed by atoms with van der Waals surface area (Å²) in [6, 6.07) is 11.8. The molecule has 2 aromatic carbocycles. The van der Waals surface area contributed by atoms with Crippen LogP contribution in [0.3, 0.4) is 0 Å². The number of nitrogens with one attached hydrogen (secondary N) is 1. The average molecular weight is 495 g/mol. The lowest BCUT2D eigenvalue weighted by Crippen LogP contribution is -2.24. The van der Waals surface area contributed by atoms with Crippen LogP contribution in [0.2, 0.25) is 10.0 Å². The molecule has 0 spiro atoms. The van der Waals surface area contributed by atoms with Gasteiger partial charge in [0.15, 0.2) is 11.0 Å². The van der Waals surface area contributed by atoms with E-state index in [4.69, 9.17) is 32.7 Å². The molecule has 0 unspecified atom stereocenters. The normalized spacial score (nSPS) is 10.6. The molecule has 0 saturated heterocycles. The van der Waals surface area contributed by atoms with E-state index in [-0.39, 0.29) is 24.2 Å². The van der Waals surface area contributed by atoms with Gasteiger partial charge < -0.3 is 14.8 Å². The van der Waals surface area contributed by atoms with Crippen molar-refractivity contribution < 1.29 is 19.1 Å². The van der Waals surface area contributed by atoms with E-state index in [1.807, 2.05) is 0 Å². The number of aromatic nitrogens is 3. The maximum Gasteiger partial charge on any atom is 0.316 e. The molecule has 1 heterocycles. The summed E-state index contributed by atoms with van der Waals surface area (Å²) in [7, 11) is 1.56. The van der Waals surface area contributed by atoms with Gasteiger partial charge in [-0.25, -0.2) is 0 Å². The number of hydrogen-bond acceptors (Lipinski definition) is 7. The second-order valence-corrected chi connectivity index (χ2v) is 8.09. The summed E-state index contributed by atoms with van der Waals surface area (Å²) in [5, 5.41) is 12.4. The fourth-order valence-electron chi connectivity index (χ4n) is 2.72. The van der Waals surface area contributed by atoms with Crippen LogP contribution in [-0.2, 0) is 16.1 Å². The van der Waals surface area contributed by atoms with Gasteiger partial charge in [0.25, 0.3) is 5.91 Å². The lowest BCUT2D eigenvalue weighted by Gasteiger charge is -2.12. The van der Waals surface area contributed by atoms with E-state index in [1.54, 1.807) is 61.1 Å². The Balaban J connectivity index is 1.83. The number of hydrogen-bond donors (Lipinski definition) is 1. The third-order valence-corrected chi connectivity index (χ3v) is 5.89. The molecule has 0 saturated carbocycles. The maximum absolute atomic E-state index is 12.5.